The smallest absolute Gasteiger partial charge is 0.157 e. The third-order valence-electron chi connectivity index (χ3n) is 5.45. The van der Waals surface area contributed by atoms with Gasteiger partial charge in [-0.2, -0.15) is 0 Å². The molecule has 0 aliphatic heterocycles. The minimum Gasteiger partial charge on any atom is -0.382 e. The Hall–Kier alpha value is -1.05. The molecular formula is C16H23NO. The van der Waals surface area contributed by atoms with Gasteiger partial charge in [-0.25, -0.2) is 0 Å². The van der Waals surface area contributed by atoms with E-state index in [4.69, 9.17) is 0 Å². The second-order valence-electron chi connectivity index (χ2n) is 6.80. The highest BCUT2D eigenvalue weighted by molar-refractivity contribution is 5.91. The zero-order valence-corrected chi connectivity index (χ0v) is 11.5. The lowest BCUT2D eigenvalue weighted by Crippen LogP contribution is -2.56. The highest BCUT2D eigenvalue weighted by atomic mass is 16.1. The maximum atomic E-state index is 11.4. The predicted molar refractivity (Wildman–Crippen MR) is 73.0 cm³/mol. The first kappa shape index (κ1) is 12.0. The van der Waals surface area contributed by atoms with Crippen LogP contribution in [0.15, 0.2) is 23.9 Å². The molecule has 0 amide bonds. The second kappa shape index (κ2) is 3.97. The first-order valence-electron chi connectivity index (χ1n) is 7.17. The number of carbonyl (C=O) groups is 1. The van der Waals surface area contributed by atoms with E-state index in [0.29, 0.717) is 17.4 Å². The number of allylic oxidation sites excluding steroid dienone is 2. The Balaban J connectivity index is 1.69. The Morgan fingerprint density at radius 2 is 2.11 bits per heavy atom. The standard InChI is InChI=1S/C16H23NO/c1-10-14-7-11(16(14,2)3)8-15(10)17-12-5-4-6-13(18)9-12/h9,11,14-15,17H,1,4-8H2,2-3H3/t11-,14+,15+/m1/s1. The van der Waals surface area contributed by atoms with Gasteiger partial charge in [0, 0.05) is 24.2 Å². The summed E-state index contributed by atoms with van der Waals surface area (Å²) in [5, 5.41) is 3.58. The van der Waals surface area contributed by atoms with E-state index >= 15 is 0 Å². The average molecular weight is 245 g/mol. The van der Waals surface area contributed by atoms with E-state index in [2.05, 4.69) is 25.7 Å². The molecule has 3 fully saturated rings. The van der Waals surface area contributed by atoms with Crippen LogP contribution >= 0.6 is 0 Å². The van der Waals surface area contributed by atoms with Gasteiger partial charge in [0.05, 0.1) is 0 Å². The molecule has 1 N–H and O–H groups in total. The second-order valence-corrected chi connectivity index (χ2v) is 6.80. The summed E-state index contributed by atoms with van der Waals surface area (Å²) in [5.74, 6) is 1.77. The molecule has 0 radical (unpaired) electrons. The Morgan fingerprint density at radius 3 is 2.72 bits per heavy atom. The normalized spacial score (nSPS) is 37.9. The van der Waals surface area contributed by atoms with Crippen LogP contribution in [0.5, 0.6) is 0 Å². The van der Waals surface area contributed by atoms with Gasteiger partial charge in [0.2, 0.25) is 0 Å². The Bertz CT molecular complexity index is 432. The van der Waals surface area contributed by atoms with E-state index < -0.39 is 0 Å². The Labute approximate surface area is 110 Å². The first-order valence-corrected chi connectivity index (χ1v) is 7.17. The van der Waals surface area contributed by atoms with Crippen molar-refractivity contribution in [1.82, 2.24) is 5.32 Å². The monoisotopic (exact) mass is 245 g/mol. The van der Waals surface area contributed by atoms with E-state index in [1.807, 2.05) is 6.08 Å². The molecule has 18 heavy (non-hydrogen) atoms. The third kappa shape index (κ3) is 1.73. The summed E-state index contributed by atoms with van der Waals surface area (Å²) in [5.41, 5.74) is 2.95. The van der Waals surface area contributed by atoms with E-state index in [1.54, 1.807) is 0 Å². The molecule has 2 heteroatoms. The molecule has 0 aromatic rings. The number of ketones is 1. The van der Waals surface area contributed by atoms with Crippen LogP contribution in [-0.4, -0.2) is 11.8 Å². The van der Waals surface area contributed by atoms with Gasteiger partial charge in [-0.05, 0) is 42.9 Å². The van der Waals surface area contributed by atoms with Crippen molar-refractivity contribution < 1.29 is 4.79 Å². The summed E-state index contributed by atoms with van der Waals surface area (Å²) in [4.78, 5) is 11.4. The third-order valence-corrected chi connectivity index (χ3v) is 5.45. The molecule has 3 saturated carbocycles. The van der Waals surface area contributed by atoms with E-state index in [1.165, 1.54) is 18.4 Å². The Kier molecular flexibility index (Phi) is 2.65. The van der Waals surface area contributed by atoms with E-state index in [9.17, 15) is 4.79 Å². The fraction of sp³-hybridized carbons (Fsp3) is 0.688. The summed E-state index contributed by atoms with van der Waals surface area (Å²) >= 11 is 0. The van der Waals surface area contributed by atoms with Crippen LogP contribution in [0.25, 0.3) is 0 Å². The van der Waals surface area contributed by atoms with Gasteiger partial charge in [0.1, 0.15) is 0 Å². The van der Waals surface area contributed by atoms with Crippen molar-refractivity contribution >= 4 is 5.78 Å². The fourth-order valence-corrected chi connectivity index (χ4v) is 4.00. The molecule has 0 saturated heterocycles. The largest absolute Gasteiger partial charge is 0.382 e. The first-order chi connectivity index (χ1) is 8.48. The van der Waals surface area contributed by atoms with Gasteiger partial charge < -0.3 is 5.32 Å². The molecule has 0 heterocycles. The molecule has 2 nitrogen and oxygen atoms in total. The number of nitrogens with one attached hydrogen (secondary N) is 1. The van der Waals surface area contributed by atoms with Crippen molar-refractivity contribution in [2.24, 2.45) is 17.3 Å². The molecule has 0 aromatic heterocycles. The minimum atomic E-state index is 0.274. The van der Waals surface area contributed by atoms with Crippen molar-refractivity contribution in [3.8, 4) is 0 Å². The highest BCUT2D eigenvalue weighted by Gasteiger charge is 2.54. The summed E-state index contributed by atoms with van der Waals surface area (Å²) in [6, 6.07) is 0.402. The van der Waals surface area contributed by atoms with Crippen LogP contribution in [0.3, 0.4) is 0 Å². The van der Waals surface area contributed by atoms with Gasteiger partial charge >= 0.3 is 0 Å². The topological polar surface area (TPSA) is 29.1 Å². The molecule has 2 bridgehead atoms. The van der Waals surface area contributed by atoms with Crippen LogP contribution < -0.4 is 5.32 Å². The van der Waals surface area contributed by atoms with Gasteiger partial charge in [0.15, 0.2) is 5.78 Å². The Morgan fingerprint density at radius 1 is 1.33 bits per heavy atom. The molecule has 98 valence electrons. The molecule has 4 aliphatic rings. The number of fused-ring (bicyclic) bond motifs is 2. The number of rotatable bonds is 2. The summed E-state index contributed by atoms with van der Waals surface area (Å²) in [6.07, 6.45) is 7.05. The van der Waals surface area contributed by atoms with Gasteiger partial charge in [-0.1, -0.05) is 26.0 Å². The molecule has 0 aromatic carbocycles. The minimum absolute atomic E-state index is 0.274. The van der Waals surface area contributed by atoms with Crippen LogP contribution in [-0.2, 0) is 4.79 Å². The van der Waals surface area contributed by atoms with Crippen molar-refractivity contribution in [3.05, 3.63) is 23.9 Å². The van der Waals surface area contributed by atoms with Crippen molar-refractivity contribution in [3.63, 3.8) is 0 Å². The van der Waals surface area contributed by atoms with Gasteiger partial charge in [-0.15, -0.1) is 0 Å². The van der Waals surface area contributed by atoms with Gasteiger partial charge in [0.25, 0.3) is 0 Å². The molecule has 0 unspecified atom stereocenters. The lowest BCUT2D eigenvalue weighted by molar-refractivity contribution is -0.115. The van der Waals surface area contributed by atoms with Crippen LogP contribution in [0.2, 0.25) is 0 Å². The lowest BCUT2D eigenvalue weighted by Gasteiger charge is -2.60. The maximum Gasteiger partial charge on any atom is 0.157 e. The maximum absolute atomic E-state index is 11.4. The quantitative estimate of drug-likeness (QED) is 0.757. The molecule has 4 rings (SSSR count). The van der Waals surface area contributed by atoms with Crippen LogP contribution in [0.1, 0.15) is 46.0 Å². The number of hydrogen-bond acceptors (Lipinski definition) is 2. The molecular weight excluding hydrogens is 222 g/mol. The molecule has 4 aliphatic carbocycles. The SMILES string of the molecule is C=C1[C@@H](NC2=CC(=O)CCC2)C[C@H]2C[C@@H]1C2(C)C. The summed E-state index contributed by atoms with van der Waals surface area (Å²) in [6.45, 7) is 9.06. The van der Waals surface area contributed by atoms with Crippen LogP contribution in [0, 0.1) is 17.3 Å². The van der Waals surface area contributed by atoms with Crippen molar-refractivity contribution in [1.29, 1.82) is 0 Å². The highest BCUT2D eigenvalue weighted by Crippen LogP contribution is 2.60. The summed E-state index contributed by atoms with van der Waals surface area (Å²) < 4.78 is 0. The molecule has 0 spiro atoms. The van der Waals surface area contributed by atoms with Crippen molar-refractivity contribution in [2.45, 2.75) is 52.0 Å². The van der Waals surface area contributed by atoms with E-state index in [0.717, 1.165) is 30.9 Å². The van der Waals surface area contributed by atoms with Gasteiger partial charge in [-0.3, -0.25) is 4.79 Å². The lowest BCUT2D eigenvalue weighted by atomic mass is 9.46. The number of hydrogen-bond donors (Lipinski definition) is 1. The van der Waals surface area contributed by atoms with E-state index in [-0.39, 0.29) is 5.78 Å². The number of carbonyl (C=O) groups excluding carboxylic acids is 1. The zero-order valence-electron chi connectivity index (χ0n) is 11.5. The summed E-state index contributed by atoms with van der Waals surface area (Å²) in [7, 11) is 0. The van der Waals surface area contributed by atoms with Crippen molar-refractivity contribution in [2.75, 3.05) is 0 Å². The molecule has 3 atom stereocenters. The average Bonchev–Trinajstić information content (AvgIpc) is 2.31. The predicted octanol–water partition coefficient (Wildman–Crippen LogP) is 3.20. The fourth-order valence-electron chi connectivity index (χ4n) is 4.00. The zero-order chi connectivity index (χ0) is 12.9. The van der Waals surface area contributed by atoms with Crippen LogP contribution in [0.4, 0.5) is 0 Å².